The molecule has 27 heavy (non-hydrogen) atoms. The highest BCUT2D eigenvalue weighted by atomic mass is 16.6. The number of carboxylic acids is 1. The molecule has 0 bridgehead atoms. The molecule has 1 unspecified atom stereocenters. The first kappa shape index (κ1) is 19.4. The van der Waals surface area contributed by atoms with E-state index in [1.54, 1.807) is 7.05 Å². The SMILES string of the molecule is CN[C@@H](CC[C@H](N)C(=O)O)[C@H]1O[C@@H](n2cnc3c(N)ncnc32)[C@@H](O)C1O. The molecule has 12 nitrogen and oxygen atoms in total. The molecule has 1 fully saturated rings. The van der Waals surface area contributed by atoms with Gasteiger partial charge in [-0.3, -0.25) is 9.36 Å². The van der Waals surface area contributed by atoms with Crippen LogP contribution in [0.15, 0.2) is 12.7 Å². The maximum atomic E-state index is 10.9. The predicted octanol–water partition coefficient (Wildman–Crippen LogP) is -2.19. The number of likely N-dealkylation sites (N-methyl/N-ethyl adjacent to an activating group) is 1. The lowest BCUT2D eigenvalue weighted by atomic mass is 9.97. The molecule has 0 amide bonds. The van der Waals surface area contributed by atoms with Crippen molar-refractivity contribution in [3.05, 3.63) is 12.7 Å². The molecule has 2 aromatic rings. The Kier molecular flexibility index (Phi) is 5.53. The number of nitrogen functional groups attached to an aromatic ring is 1. The second-order valence-corrected chi connectivity index (χ2v) is 6.47. The summed E-state index contributed by atoms with van der Waals surface area (Å²) in [6.07, 6.45) is -0.961. The summed E-state index contributed by atoms with van der Waals surface area (Å²) in [5, 5.41) is 32.9. The van der Waals surface area contributed by atoms with Gasteiger partial charge >= 0.3 is 5.97 Å². The molecular weight excluding hydrogens is 358 g/mol. The number of rotatable bonds is 7. The standard InChI is InChI=1S/C15H23N7O5/c1-18-7(3-2-6(16)15(25)26)11-9(23)10(24)14(27-11)22-5-21-8-12(17)19-4-20-13(8)22/h4-7,9-11,14,18,23-24H,2-3,16H2,1H3,(H,25,26)(H2,17,19,20)/t6-,7-,9?,10-,11+,14+/m0/s1. The number of nitrogens with two attached hydrogens (primary N) is 2. The molecule has 8 N–H and O–H groups in total. The van der Waals surface area contributed by atoms with Crippen LogP contribution in [0.25, 0.3) is 11.2 Å². The first-order valence-electron chi connectivity index (χ1n) is 8.45. The van der Waals surface area contributed by atoms with Crippen LogP contribution in [0.3, 0.4) is 0 Å². The molecule has 1 aliphatic rings. The van der Waals surface area contributed by atoms with Gasteiger partial charge in [0.1, 0.15) is 36.2 Å². The Morgan fingerprint density at radius 3 is 2.74 bits per heavy atom. The van der Waals surface area contributed by atoms with Crippen LogP contribution >= 0.6 is 0 Å². The van der Waals surface area contributed by atoms with Crippen molar-refractivity contribution in [2.45, 2.75) is 49.5 Å². The quantitative estimate of drug-likeness (QED) is 0.305. The summed E-state index contributed by atoms with van der Waals surface area (Å²) < 4.78 is 7.38. The van der Waals surface area contributed by atoms with Gasteiger partial charge in [-0.1, -0.05) is 0 Å². The van der Waals surface area contributed by atoms with E-state index in [0.29, 0.717) is 17.6 Å². The molecule has 0 saturated carbocycles. The highest BCUT2D eigenvalue weighted by molar-refractivity contribution is 5.81. The Hall–Kier alpha value is -2.38. The van der Waals surface area contributed by atoms with Crippen LogP contribution in [0.5, 0.6) is 0 Å². The molecule has 0 aromatic carbocycles. The fourth-order valence-corrected chi connectivity index (χ4v) is 3.26. The number of imidazole rings is 1. The van der Waals surface area contributed by atoms with Crippen LogP contribution in [0.4, 0.5) is 5.82 Å². The second-order valence-electron chi connectivity index (χ2n) is 6.47. The van der Waals surface area contributed by atoms with Gasteiger partial charge in [-0.15, -0.1) is 0 Å². The molecule has 1 aliphatic heterocycles. The minimum Gasteiger partial charge on any atom is -0.480 e. The molecule has 0 aliphatic carbocycles. The van der Waals surface area contributed by atoms with Crippen LogP contribution in [0.2, 0.25) is 0 Å². The molecule has 0 spiro atoms. The number of ether oxygens (including phenoxy) is 1. The molecular formula is C15H23N7O5. The van der Waals surface area contributed by atoms with Gasteiger partial charge in [0.15, 0.2) is 17.7 Å². The summed E-state index contributed by atoms with van der Waals surface area (Å²) >= 11 is 0. The number of aliphatic carboxylic acids is 1. The first-order chi connectivity index (χ1) is 12.8. The average molecular weight is 381 g/mol. The minimum atomic E-state index is -1.24. The summed E-state index contributed by atoms with van der Waals surface area (Å²) in [6, 6.07) is -1.43. The van der Waals surface area contributed by atoms with Gasteiger partial charge in [0.25, 0.3) is 0 Å². The maximum absolute atomic E-state index is 10.9. The van der Waals surface area contributed by atoms with Crippen molar-refractivity contribution in [2.75, 3.05) is 12.8 Å². The van der Waals surface area contributed by atoms with Crippen molar-refractivity contribution in [3.8, 4) is 0 Å². The number of aliphatic hydroxyl groups is 2. The molecule has 0 radical (unpaired) electrons. The lowest BCUT2D eigenvalue weighted by molar-refractivity contribution is -0.138. The average Bonchev–Trinajstić information content (AvgIpc) is 3.19. The summed E-state index contributed by atoms with van der Waals surface area (Å²) in [4.78, 5) is 23.0. The third-order valence-corrected chi connectivity index (χ3v) is 4.81. The van der Waals surface area contributed by atoms with Gasteiger partial charge in [0, 0.05) is 6.04 Å². The Balaban J connectivity index is 1.80. The number of carbonyl (C=O) groups is 1. The van der Waals surface area contributed by atoms with E-state index in [9.17, 15) is 15.0 Å². The smallest absolute Gasteiger partial charge is 0.320 e. The topological polar surface area (TPSA) is 195 Å². The molecule has 6 atom stereocenters. The zero-order valence-corrected chi connectivity index (χ0v) is 14.6. The summed E-state index contributed by atoms with van der Waals surface area (Å²) in [5.74, 6) is -0.906. The van der Waals surface area contributed by atoms with E-state index in [1.165, 1.54) is 17.2 Å². The Morgan fingerprint density at radius 1 is 1.33 bits per heavy atom. The van der Waals surface area contributed by atoms with Crippen LogP contribution in [0, 0.1) is 0 Å². The lowest BCUT2D eigenvalue weighted by Crippen LogP contribution is -2.46. The summed E-state index contributed by atoms with van der Waals surface area (Å²) in [7, 11) is 1.66. The van der Waals surface area contributed by atoms with Crippen LogP contribution in [-0.2, 0) is 9.53 Å². The number of hydrogen-bond acceptors (Lipinski definition) is 10. The molecule has 1 saturated heterocycles. The van der Waals surface area contributed by atoms with Crippen molar-refractivity contribution in [3.63, 3.8) is 0 Å². The third-order valence-electron chi connectivity index (χ3n) is 4.81. The highest BCUT2D eigenvalue weighted by Gasteiger charge is 2.47. The van der Waals surface area contributed by atoms with E-state index in [2.05, 4.69) is 20.3 Å². The maximum Gasteiger partial charge on any atom is 0.320 e. The van der Waals surface area contributed by atoms with E-state index in [4.69, 9.17) is 21.3 Å². The van der Waals surface area contributed by atoms with E-state index in [-0.39, 0.29) is 12.2 Å². The van der Waals surface area contributed by atoms with Gasteiger partial charge in [0.05, 0.1) is 6.33 Å². The Morgan fingerprint density at radius 2 is 2.07 bits per heavy atom. The highest BCUT2D eigenvalue weighted by Crippen LogP contribution is 2.34. The second kappa shape index (κ2) is 7.70. The van der Waals surface area contributed by atoms with Crippen molar-refractivity contribution in [2.24, 2.45) is 5.73 Å². The Bertz CT molecular complexity index is 815. The number of carboxylic acid groups (broad SMARTS) is 1. The number of fused-ring (bicyclic) bond motifs is 1. The molecule has 148 valence electrons. The largest absolute Gasteiger partial charge is 0.480 e. The number of anilines is 1. The van der Waals surface area contributed by atoms with E-state index in [0.717, 1.165) is 0 Å². The number of nitrogens with zero attached hydrogens (tertiary/aromatic N) is 4. The molecule has 3 rings (SSSR count). The lowest BCUT2D eigenvalue weighted by Gasteiger charge is -2.25. The molecule has 12 heteroatoms. The first-order valence-corrected chi connectivity index (χ1v) is 8.45. The van der Waals surface area contributed by atoms with Crippen LogP contribution < -0.4 is 16.8 Å². The zero-order valence-electron chi connectivity index (χ0n) is 14.6. The normalized spacial score (nSPS) is 27.7. The zero-order chi connectivity index (χ0) is 19.7. The van der Waals surface area contributed by atoms with Crippen molar-refractivity contribution in [1.82, 2.24) is 24.8 Å². The van der Waals surface area contributed by atoms with Crippen molar-refractivity contribution >= 4 is 23.0 Å². The van der Waals surface area contributed by atoms with Crippen molar-refractivity contribution < 1.29 is 24.9 Å². The number of aliphatic hydroxyl groups excluding tert-OH is 2. The summed E-state index contributed by atoms with van der Waals surface area (Å²) in [6.45, 7) is 0. The molecule has 2 aromatic heterocycles. The fourth-order valence-electron chi connectivity index (χ4n) is 3.26. The Labute approximate surface area is 154 Å². The van der Waals surface area contributed by atoms with Crippen LogP contribution in [0.1, 0.15) is 19.1 Å². The fraction of sp³-hybridized carbons (Fsp3) is 0.600. The van der Waals surface area contributed by atoms with E-state index in [1.807, 2.05) is 0 Å². The van der Waals surface area contributed by atoms with E-state index < -0.39 is 42.6 Å². The number of aromatic nitrogens is 4. The summed E-state index contributed by atoms with van der Waals surface area (Å²) in [5.41, 5.74) is 12.0. The molecule has 3 heterocycles. The monoisotopic (exact) mass is 381 g/mol. The van der Waals surface area contributed by atoms with Gasteiger partial charge in [-0.05, 0) is 19.9 Å². The van der Waals surface area contributed by atoms with Crippen LogP contribution in [-0.4, -0.2) is 78.3 Å². The van der Waals surface area contributed by atoms with Gasteiger partial charge in [-0.2, -0.15) is 0 Å². The van der Waals surface area contributed by atoms with Gasteiger partial charge < -0.3 is 36.8 Å². The number of nitrogens with one attached hydrogen (secondary N) is 1. The number of hydrogen-bond donors (Lipinski definition) is 6. The third kappa shape index (κ3) is 3.57. The van der Waals surface area contributed by atoms with Gasteiger partial charge in [-0.25, -0.2) is 15.0 Å². The van der Waals surface area contributed by atoms with Crippen molar-refractivity contribution in [1.29, 1.82) is 0 Å². The van der Waals surface area contributed by atoms with Gasteiger partial charge in [0.2, 0.25) is 0 Å². The van der Waals surface area contributed by atoms with E-state index >= 15 is 0 Å². The predicted molar refractivity (Wildman–Crippen MR) is 93.4 cm³/mol. The minimum absolute atomic E-state index is 0.186.